The minimum absolute atomic E-state index is 0.201. The lowest BCUT2D eigenvalue weighted by Crippen LogP contribution is -2.45. The largest absolute Gasteiger partial charge is 0.315 e. The summed E-state index contributed by atoms with van der Waals surface area (Å²) in [7, 11) is 0. The van der Waals surface area contributed by atoms with Crippen LogP contribution in [0.15, 0.2) is 18.2 Å². The van der Waals surface area contributed by atoms with E-state index in [-0.39, 0.29) is 10.8 Å². The molecule has 0 bridgehead atoms. The molecule has 0 amide bonds. The van der Waals surface area contributed by atoms with Gasteiger partial charge in [-0.15, -0.1) is 0 Å². The summed E-state index contributed by atoms with van der Waals surface area (Å²) in [5, 5.41) is 3.76. The Morgan fingerprint density at radius 2 is 2.19 bits per heavy atom. The van der Waals surface area contributed by atoms with Gasteiger partial charge < -0.3 is 5.32 Å². The minimum Gasteiger partial charge on any atom is -0.315 e. The Hall–Kier alpha value is -0.640. The van der Waals surface area contributed by atoms with Crippen molar-refractivity contribution in [1.82, 2.24) is 10.2 Å². The van der Waals surface area contributed by atoms with Gasteiger partial charge in [-0.05, 0) is 49.5 Å². The number of halogens is 2. The van der Waals surface area contributed by atoms with Crippen LogP contribution in [0.1, 0.15) is 38.7 Å². The molecule has 1 heterocycles. The number of nitrogens with one attached hydrogen (secondary N) is 1. The molecule has 1 saturated heterocycles. The Balaban J connectivity index is 1.93. The van der Waals surface area contributed by atoms with Crippen molar-refractivity contribution in [1.29, 1.82) is 0 Å². The molecule has 1 fully saturated rings. The molecular formula is C17H26ClFN2. The van der Waals surface area contributed by atoms with Crippen LogP contribution in [0.4, 0.5) is 4.39 Å². The average Bonchev–Trinajstić information content (AvgIpc) is 2.44. The lowest BCUT2D eigenvalue weighted by molar-refractivity contribution is 0.136. The predicted octanol–water partition coefficient (Wildman–Crippen LogP) is 4.08. The number of rotatable bonds is 6. The lowest BCUT2D eigenvalue weighted by Gasteiger charge is -2.36. The van der Waals surface area contributed by atoms with E-state index in [0.29, 0.717) is 12.0 Å². The maximum atomic E-state index is 13.6. The number of hydrogen-bond acceptors (Lipinski definition) is 2. The molecular weight excluding hydrogens is 287 g/mol. The number of likely N-dealkylation sites (tertiary alicyclic amines) is 1. The van der Waals surface area contributed by atoms with Gasteiger partial charge >= 0.3 is 0 Å². The third kappa shape index (κ3) is 5.24. The van der Waals surface area contributed by atoms with Gasteiger partial charge in [0.1, 0.15) is 5.82 Å². The van der Waals surface area contributed by atoms with Crippen molar-refractivity contribution < 1.29 is 4.39 Å². The smallest absolute Gasteiger partial charge is 0.142 e. The first kappa shape index (κ1) is 16.7. The molecule has 1 aliphatic heterocycles. The van der Waals surface area contributed by atoms with E-state index >= 15 is 0 Å². The molecule has 2 nitrogen and oxygen atoms in total. The van der Waals surface area contributed by atoms with E-state index in [9.17, 15) is 4.39 Å². The van der Waals surface area contributed by atoms with Gasteiger partial charge in [0.15, 0.2) is 0 Å². The molecule has 118 valence electrons. The topological polar surface area (TPSA) is 15.3 Å². The normalized spacial score (nSPS) is 20.1. The second-order valence-electron chi connectivity index (χ2n) is 6.42. The van der Waals surface area contributed by atoms with Gasteiger partial charge in [0.05, 0.1) is 5.02 Å². The Kier molecular flexibility index (Phi) is 6.46. The molecule has 1 unspecified atom stereocenters. The van der Waals surface area contributed by atoms with E-state index in [1.54, 1.807) is 12.1 Å². The summed E-state index contributed by atoms with van der Waals surface area (Å²) in [6, 6.07) is 5.70. The zero-order valence-electron chi connectivity index (χ0n) is 13.0. The van der Waals surface area contributed by atoms with Gasteiger partial charge in [-0.25, -0.2) is 4.39 Å². The van der Waals surface area contributed by atoms with Crippen LogP contribution >= 0.6 is 11.6 Å². The van der Waals surface area contributed by atoms with Crippen LogP contribution in [-0.2, 0) is 6.54 Å². The highest BCUT2D eigenvalue weighted by Gasteiger charge is 2.22. The zero-order chi connectivity index (χ0) is 15.2. The quantitative estimate of drug-likeness (QED) is 0.851. The number of piperidine rings is 1. The zero-order valence-corrected chi connectivity index (χ0v) is 13.8. The van der Waals surface area contributed by atoms with Crippen LogP contribution in [-0.4, -0.2) is 30.6 Å². The first-order valence-corrected chi connectivity index (χ1v) is 8.32. The Labute approximate surface area is 132 Å². The van der Waals surface area contributed by atoms with Crippen LogP contribution < -0.4 is 5.32 Å². The number of nitrogens with zero attached hydrogens (tertiary/aromatic N) is 1. The molecule has 0 spiro atoms. The van der Waals surface area contributed by atoms with Gasteiger partial charge in [0, 0.05) is 19.1 Å². The van der Waals surface area contributed by atoms with Crippen LogP contribution in [0.3, 0.4) is 0 Å². The summed E-state index contributed by atoms with van der Waals surface area (Å²) in [6.45, 7) is 8.43. The Morgan fingerprint density at radius 1 is 1.38 bits per heavy atom. The summed E-state index contributed by atoms with van der Waals surface area (Å²) in [4.78, 5) is 2.47. The fraction of sp³-hybridized carbons (Fsp3) is 0.647. The Bertz CT molecular complexity index is 450. The van der Waals surface area contributed by atoms with Gasteiger partial charge in [-0.2, -0.15) is 0 Å². The number of benzene rings is 1. The lowest BCUT2D eigenvalue weighted by atomic mass is 10.0. The van der Waals surface area contributed by atoms with Gasteiger partial charge in [0.25, 0.3) is 0 Å². The van der Waals surface area contributed by atoms with Gasteiger partial charge in [-0.3, -0.25) is 4.90 Å². The van der Waals surface area contributed by atoms with E-state index in [2.05, 4.69) is 24.1 Å². The van der Waals surface area contributed by atoms with Crippen molar-refractivity contribution in [3.8, 4) is 0 Å². The molecule has 1 atom stereocenters. The van der Waals surface area contributed by atoms with Crippen LogP contribution in [0.2, 0.25) is 5.02 Å². The summed E-state index contributed by atoms with van der Waals surface area (Å²) in [5.74, 6) is 0.355. The molecule has 1 aromatic carbocycles. The Morgan fingerprint density at radius 3 is 2.90 bits per heavy atom. The van der Waals surface area contributed by atoms with Gasteiger partial charge in [-0.1, -0.05) is 37.9 Å². The molecule has 21 heavy (non-hydrogen) atoms. The van der Waals surface area contributed by atoms with E-state index in [4.69, 9.17) is 11.6 Å². The summed E-state index contributed by atoms with van der Waals surface area (Å²) >= 11 is 5.75. The highest BCUT2D eigenvalue weighted by Crippen LogP contribution is 2.21. The molecule has 1 N–H and O–H groups in total. The molecule has 2 rings (SSSR count). The monoisotopic (exact) mass is 312 g/mol. The van der Waals surface area contributed by atoms with E-state index in [1.165, 1.54) is 19.3 Å². The minimum atomic E-state index is -0.319. The van der Waals surface area contributed by atoms with E-state index in [1.807, 2.05) is 6.07 Å². The molecule has 1 aromatic rings. The van der Waals surface area contributed by atoms with E-state index < -0.39 is 0 Å². The standard InChI is InChI=1S/C17H26ClFN2/c1-13(2)10-20-11-15-5-3-4-8-21(15)12-14-6-7-16(18)17(19)9-14/h6-7,9,13,15,20H,3-5,8,10-12H2,1-2H3. The fourth-order valence-electron chi connectivity index (χ4n) is 2.91. The van der Waals surface area contributed by atoms with Crippen molar-refractivity contribution in [2.24, 2.45) is 5.92 Å². The molecule has 0 aromatic heterocycles. The SMILES string of the molecule is CC(C)CNCC1CCCCN1Cc1ccc(Cl)c(F)c1. The molecule has 0 radical (unpaired) electrons. The predicted molar refractivity (Wildman–Crippen MR) is 87.2 cm³/mol. The maximum Gasteiger partial charge on any atom is 0.142 e. The summed E-state index contributed by atoms with van der Waals surface area (Å²) < 4.78 is 13.6. The second-order valence-corrected chi connectivity index (χ2v) is 6.83. The van der Waals surface area contributed by atoms with Crippen LogP contribution in [0.25, 0.3) is 0 Å². The van der Waals surface area contributed by atoms with Crippen molar-refractivity contribution in [2.45, 2.75) is 45.7 Å². The van der Waals surface area contributed by atoms with Crippen molar-refractivity contribution >= 4 is 11.6 Å². The highest BCUT2D eigenvalue weighted by molar-refractivity contribution is 6.30. The highest BCUT2D eigenvalue weighted by atomic mass is 35.5. The molecule has 4 heteroatoms. The fourth-order valence-corrected chi connectivity index (χ4v) is 3.03. The number of hydrogen-bond donors (Lipinski definition) is 1. The maximum absolute atomic E-state index is 13.6. The first-order valence-electron chi connectivity index (χ1n) is 7.95. The summed E-state index contributed by atoms with van der Waals surface area (Å²) in [5.41, 5.74) is 1.01. The third-order valence-corrected chi connectivity index (χ3v) is 4.36. The second kappa shape index (κ2) is 8.11. The van der Waals surface area contributed by atoms with Gasteiger partial charge in [0.2, 0.25) is 0 Å². The van der Waals surface area contributed by atoms with Crippen LogP contribution in [0.5, 0.6) is 0 Å². The van der Waals surface area contributed by atoms with Crippen molar-refractivity contribution in [2.75, 3.05) is 19.6 Å². The van der Waals surface area contributed by atoms with Crippen LogP contribution in [0, 0.1) is 11.7 Å². The molecule has 0 aliphatic carbocycles. The first-order chi connectivity index (χ1) is 10.1. The van der Waals surface area contributed by atoms with E-state index in [0.717, 1.165) is 31.7 Å². The third-order valence-electron chi connectivity index (χ3n) is 4.05. The summed E-state index contributed by atoms with van der Waals surface area (Å²) in [6.07, 6.45) is 3.75. The van der Waals surface area contributed by atoms with Crippen molar-refractivity contribution in [3.63, 3.8) is 0 Å². The average molecular weight is 313 g/mol. The molecule has 1 aliphatic rings. The van der Waals surface area contributed by atoms with Crippen molar-refractivity contribution in [3.05, 3.63) is 34.6 Å². The molecule has 0 saturated carbocycles.